The molecular formula is C30H29N5O2S. The van der Waals surface area contributed by atoms with E-state index in [9.17, 15) is 4.79 Å². The fourth-order valence-electron chi connectivity index (χ4n) is 4.43. The Morgan fingerprint density at radius 3 is 2.34 bits per heavy atom. The number of thioether (sulfide) groups is 1. The van der Waals surface area contributed by atoms with Crippen molar-refractivity contribution in [3.8, 4) is 5.69 Å². The van der Waals surface area contributed by atoms with Crippen LogP contribution in [0, 0.1) is 13.8 Å². The van der Waals surface area contributed by atoms with Crippen LogP contribution in [0.3, 0.4) is 0 Å². The van der Waals surface area contributed by atoms with E-state index in [1.54, 1.807) is 0 Å². The van der Waals surface area contributed by atoms with Crippen LogP contribution in [0.5, 0.6) is 0 Å². The van der Waals surface area contributed by atoms with Gasteiger partial charge in [0.25, 0.3) is 5.91 Å². The molecule has 0 aliphatic heterocycles. The number of oxazole rings is 1. The summed E-state index contributed by atoms with van der Waals surface area (Å²) in [6, 6.07) is 28.9. The van der Waals surface area contributed by atoms with Crippen molar-refractivity contribution in [2.24, 2.45) is 0 Å². The van der Waals surface area contributed by atoms with Gasteiger partial charge in [-0.25, -0.2) is 4.98 Å². The van der Waals surface area contributed by atoms with Gasteiger partial charge in [0.2, 0.25) is 5.89 Å². The second-order valence-electron chi connectivity index (χ2n) is 9.04. The van der Waals surface area contributed by atoms with Crippen LogP contribution in [0.15, 0.2) is 101 Å². The van der Waals surface area contributed by atoms with Gasteiger partial charge in [0.05, 0.1) is 5.75 Å². The maximum Gasteiger partial charge on any atom is 0.273 e. The Balaban J connectivity index is 1.19. The van der Waals surface area contributed by atoms with Crippen LogP contribution < -0.4 is 5.32 Å². The van der Waals surface area contributed by atoms with Crippen LogP contribution >= 0.6 is 11.8 Å². The zero-order chi connectivity index (χ0) is 26.3. The molecule has 0 aliphatic carbocycles. The molecule has 2 aromatic heterocycles. The summed E-state index contributed by atoms with van der Waals surface area (Å²) in [6.45, 7) is 4.50. The fourth-order valence-corrected chi connectivity index (χ4v) is 5.28. The topological polar surface area (TPSA) is 85.8 Å². The standard InChI is InChI=1S/C30H29N5O2S/c1-21-10-9-15-25(18-21)35-22(2)33-34-30(35)38-20-28-32-27(19-37-28)29(36)31-17-16-26(23-11-5-3-6-12-23)24-13-7-4-8-14-24/h3-15,18-19,26H,16-17,20H2,1-2H3,(H,31,36). The quantitative estimate of drug-likeness (QED) is 0.222. The summed E-state index contributed by atoms with van der Waals surface area (Å²) in [5.74, 6) is 1.64. The number of carbonyl (C=O) groups excluding carboxylic acids is 1. The monoisotopic (exact) mass is 523 g/mol. The molecule has 0 atom stereocenters. The molecule has 5 rings (SSSR count). The van der Waals surface area contributed by atoms with E-state index in [2.05, 4.69) is 63.8 Å². The molecule has 0 spiro atoms. The largest absolute Gasteiger partial charge is 0.447 e. The molecule has 192 valence electrons. The zero-order valence-corrected chi connectivity index (χ0v) is 22.2. The summed E-state index contributed by atoms with van der Waals surface area (Å²) >= 11 is 1.47. The third-order valence-electron chi connectivity index (χ3n) is 6.29. The van der Waals surface area contributed by atoms with Gasteiger partial charge >= 0.3 is 0 Å². The third-order valence-corrected chi connectivity index (χ3v) is 7.20. The number of nitrogens with one attached hydrogen (secondary N) is 1. The lowest BCUT2D eigenvalue weighted by Gasteiger charge is -2.18. The smallest absolute Gasteiger partial charge is 0.273 e. The van der Waals surface area contributed by atoms with Gasteiger partial charge in [-0.15, -0.1) is 10.2 Å². The molecule has 0 aliphatic rings. The molecule has 0 fully saturated rings. The van der Waals surface area contributed by atoms with Gasteiger partial charge in [-0.2, -0.15) is 0 Å². The predicted octanol–water partition coefficient (Wildman–Crippen LogP) is 6.12. The van der Waals surface area contributed by atoms with E-state index in [0.29, 0.717) is 18.2 Å². The van der Waals surface area contributed by atoms with Gasteiger partial charge in [-0.05, 0) is 49.1 Å². The average Bonchev–Trinajstić information content (AvgIpc) is 3.57. The highest BCUT2D eigenvalue weighted by molar-refractivity contribution is 7.98. The van der Waals surface area contributed by atoms with E-state index in [1.807, 2.05) is 60.0 Å². The van der Waals surface area contributed by atoms with Crippen molar-refractivity contribution < 1.29 is 9.21 Å². The van der Waals surface area contributed by atoms with Crippen LogP contribution in [0.1, 0.15) is 51.2 Å². The van der Waals surface area contributed by atoms with Gasteiger partial charge in [-0.3, -0.25) is 9.36 Å². The Labute approximate surface area is 226 Å². The number of aryl methyl sites for hydroxylation is 2. The normalized spacial score (nSPS) is 11.1. The molecule has 38 heavy (non-hydrogen) atoms. The minimum Gasteiger partial charge on any atom is -0.447 e. The number of carbonyl (C=O) groups is 1. The van der Waals surface area contributed by atoms with Crippen molar-refractivity contribution in [3.63, 3.8) is 0 Å². The first-order valence-corrected chi connectivity index (χ1v) is 13.5. The fraction of sp³-hybridized carbons (Fsp3) is 0.200. The summed E-state index contributed by atoms with van der Waals surface area (Å²) in [5, 5.41) is 12.3. The molecule has 7 nitrogen and oxygen atoms in total. The number of amides is 1. The molecule has 0 radical (unpaired) electrons. The van der Waals surface area contributed by atoms with E-state index in [-0.39, 0.29) is 17.5 Å². The lowest BCUT2D eigenvalue weighted by Crippen LogP contribution is -2.26. The Hall–Kier alpha value is -4.17. The summed E-state index contributed by atoms with van der Waals surface area (Å²) in [7, 11) is 0. The minimum absolute atomic E-state index is 0.191. The third kappa shape index (κ3) is 6.03. The molecule has 5 aromatic rings. The van der Waals surface area contributed by atoms with Gasteiger partial charge < -0.3 is 9.73 Å². The van der Waals surface area contributed by atoms with Crippen LogP contribution in [-0.2, 0) is 5.75 Å². The highest BCUT2D eigenvalue weighted by atomic mass is 32.2. The van der Waals surface area contributed by atoms with Crippen molar-refractivity contribution >= 4 is 17.7 Å². The summed E-state index contributed by atoms with van der Waals surface area (Å²) in [6.07, 6.45) is 2.18. The molecule has 2 heterocycles. The van der Waals surface area contributed by atoms with Gasteiger partial charge in [-0.1, -0.05) is 84.6 Å². The lowest BCUT2D eigenvalue weighted by molar-refractivity contribution is 0.0947. The Kier molecular flexibility index (Phi) is 7.99. The van der Waals surface area contributed by atoms with Crippen molar-refractivity contribution in [3.05, 3.63) is 125 Å². The maximum absolute atomic E-state index is 12.8. The van der Waals surface area contributed by atoms with Gasteiger partial charge in [0.1, 0.15) is 12.1 Å². The predicted molar refractivity (Wildman–Crippen MR) is 149 cm³/mol. The van der Waals surface area contributed by atoms with Crippen molar-refractivity contribution in [2.75, 3.05) is 6.54 Å². The average molecular weight is 524 g/mol. The van der Waals surface area contributed by atoms with Gasteiger partial charge in [0.15, 0.2) is 10.9 Å². The highest BCUT2D eigenvalue weighted by Crippen LogP contribution is 2.28. The Bertz CT molecular complexity index is 1460. The molecular weight excluding hydrogens is 494 g/mol. The second kappa shape index (κ2) is 11.9. The SMILES string of the molecule is Cc1cccc(-n2c(C)nnc2SCc2nc(C(=O)NCCC(c3ccccc3)c3ccccc3)co2)c1. The van der Waals surface area contributed by atoms with Gasteiger partial charge in [0, 0.05) is 18.2 Å². The van der Waals surface area contributed by atoms with Crippen LogP contribution in [0.25, 0.3) is 5.69 Å². The number of rotatable bonds is 10. The van der Waals surface area contributed by atoms with E-state index >= 15 is 0 Å². The van der Waals surface area contributed by atoms with E-state index in [1.165, 1.54) is 29.2 Å². The number of hydrogen-bond acceptors (Lipinski definition) is 6. The van der Waals surface area contributed by atoms with E-state index in [4.69, 9.17) is 4.42 Å². The molecule has 0 unspecified atom stereocenters. The maximum atomic E-state index is 12.8. The van der Waals surface area contributed by atoms with Crippen molar-refractivity contribution in [1.29, 1.82) is 0 Å². The Morgan fingerprint density at radius 2 is 1.66 bits per heavy atom. The zero-order valence-electron chi connectivity index (χ0n) is 21.4. The summed E-state index contributed by atoms with van der Waals surface area (Å²) < 4.78 is 7.60. The first-order chi connectivity index (χ1) is 18.6. The number of aromatic nitrogens is 4. The summed E-state index contributed by atoms with van der Waals surface area (Å²) in [4.78, 5) is 17.2. The van der Waals surface area contributed by atoms with E-state index in [0.717, 1.165) is 28.7 Å². The molecule has 0 saturated carbocycles. The highest BCUT2D eigenvalue weighted by Gasteiger charge is 2.18. The van der Waals surface area contributed by atoms with Crippen LogP contribution in [0.4, 0.5) is 0 Å². The van der Waals surface area contributed by atoms with Crippen molar-refractivity contribution in [1.82, 2.24) is 25.1 Å². The number of benzene rings is 3. The van der Waals surface area contributed by atoms with Crippen molar-refractivity contribution in [2.45, 2.75) is 37.1 Å². The van der Waals surface area contributed by atoms with Crippen LogP contribution in [-0.4, -0.2) is 32.2 Å². The number of nitrogens with zero attached hydrogens (tertiary/aromatic N) is 4. The molecule has 0 saturated heterocycles. The first-order valence-electron chi connectivity index (χ1n) is 12.5. The van der Waals surface area contributed by atoms with E-state index < -0.39 is 0 Å². The Morgan fingerprint density at radius 1 is 0.947 bits per heavy atom. The minimum atomic E-state index is -0.247. The molecule has 3 aromatic carbocycles. The number of hydrogen-bond donors (Lipinski definition) is 1. The molecule has 0 bridgehead atoms. The van der Waals surface area contributed by atoms with Crippen LogP contribution in [0.2, 0.25) is 0 Å². The molecule has 1 amide bonds. The summed E-state index contributed by atoms with van der Waals surface area (Å²) in [5.41, 5.74) is 4.89. The first kappa shape index (κ1) is 25.5. The second-order valence-corrected chi connectivity index (χ2v) is 9.98. The molecule has 8 heteroatoms. The lowest BCUT2D eigenvalue weighted by atomic mass is 9.88. The molecule has 1 N–H and O–H groups in total.